The van der Waals surface area contributed by atoms with E-state index in [1.54, 1.807) is 12.1 Å². The number of rotatable bonds is 5. The molecule has 0 saturated heterocycles. The van der Waals surface area contributed by atoms with Crippen molar-refractivity contribution in [3.8, 4) is 0 Å². The summed E-state index contributed by atoms with van der Waals surface area (Å²) in [5.74, 6) is -3.83. The number of carbonyl (C=O) groups is 4. The van der Waals surface area contributed by atoms with Crippen LogP contribution in [0.1, 0.15) is 63.9 Å². The minimum atomic E-state index is -1.64. The summed E-state index contributed by atoms with van der Waals surface area (Å²) in [6.07, 6.45) is 3.83. The third-order valence-electron chi connectivity index (χ3n) is 10.5. The van der Waals surface area contributed by atoms with Crippen LogP contribution in [0.2, 0.25) is 0 Å². The summed E-state index contributed by atoms with van der Waals surface area (Å²) < 4.78 is 17.2. The van der Waals surface area contributed by atoms with Crippen LogP contribution in [0.4, 0.5) is 0 Å². The van der Waals surface area contributed by atoms with Crippen molar-refractivity contribution in [2.75, 3.05) is 5.88 Å². The predicted molar refractivity (Wildman–Crippen MR) is 141 cm³/mol. The lowest BCUT2D eigenvalue weighted by atomic mass is 9.43. The van der Waals surface area contributed by atoms with E-state index in [4.69, 9.17) is 37.1 Å². The third-order valence-corrected chi connectivity index (χ3v) is 11.7. The van der Waals surface area contributed by atoms with Gasteiger partial charge in [0, 0.05) is 36.0 Å². The summed E-state index contributed by atoms with van der Waals surface area (Å²) in [7, 11) is 0. The van der Waals surface area contributed by atoms with E-state index in [0.29, 0.717) is 12.8 Å². The fourth-order valence-corrected chi connectivity index (χ4v) is 9.59. The maximum atomic E-state index is 13.7. The zero-order chi connectivity index (χ0) is 28.5. The molecule has 0 aromatic carbocycles. The van der Waals surface area contributed by atoms with Gasteiger partial charge < -0.3 is 19.0 Å². The van der Waals surface area contributed by atoms with Gasteiger partial charge in [-0.2, -0.15) is 0 Å². The van der Waals surface area contributed by atoms with Crippen molar-refractivity contribution in [1.29, 1.82) is 0 Å². The van der Waals surface area contributed by atoms with E-state index in [1.165, 1.54) is 25.3 Å². The van der Waals surface area contributed by atoms with Crippen molar-refractivity contribution in [1.82, 2.24) is 0 Å². The molecule has 10 atom stereocenters. The molecule has 10 heteroatoms. The average Bonchev–Trinajstić information content (AvgIpc) is 3.48. The number of esters is 2. The second-order valence-corrected chi connectivity index (χ2v) is 13.1. The van der Waals surface area contributed by atoms with Crippen molar-refractivity contribution < 1.29 is 38.2 Å². The van der Waals surface area contributed by atoms with Crippen LogP contribution in [-0.2, 0) is 23.9 Å². The van der Waals surface area contributed by atoms with Gasteiger partial charge >= 0.3 is 11.9 Å². The molecule has 0 aliphatic heterocycles. The Balaban J connectivity index is 1.64. The first kappa shape index (κ1) is 28.4. The Morgan fingerprint density at radius 1 is 1.18 bits per heavy atom. The second-order valence-electron chi connectivity index (χ2n) is 12.2. The molecule has 4 aliphatic carbocycles. The lowest BCUT2D eigenvalue weighted by Gasteiger charge is -2.66. The Hall–Kier alpha value is -2.16. The summed E-state index contributed by atoms with van der Waals surface area (Å²) in [6.45, 7) is 6.95. The van der Waals surface area contributed by atoms with E-state index in [1.807, 2.05) is 20.8 Å². The number of Topliss-reactive ketones (excluding diaryl/α,β-unsaturated/α-hetero) is 1. The van der Waals surface area contributed by atoms with Gasteiger partial charge in [-0.3, -0.25) is 14.4 Å². The Bertz CT molecular complexity index is 1230. The molecule has 5 rings (SSSR count). The number of fused-ring (bicyclic) bond motifs is 5. The Morgan fingerprint density at radius 2 is 1.90 bits per heavy atom. The van der Waals surface area contributed by atoms with Gasteiger partial charge in [0.2, 0.25) is 5.76 Å². The standard InChI is InChI=1S/C29H34Cl2O8/c1-15-10-18-19-12-22(38-16(2)32)20-11-17(33)7-8-26(20,3)28(19,31)23(34)13-27(18,4)29(15,24(35)14-30)39-25(36)21-6-5-9-37-21/h5-9,15,18-20,22-23,34H,10-14H2,1-4H3/t15-,18+,19+,20+,22-,23+,26+,27+,28+,29+/m1/s1. The van der Waals surface area contributed by atoms with Crippen molar-refractivity contribution in [2.45, 2.75) is 76.1 Å². The summed E-state index contributed by atoms with van der Waals surface area (Å²) in [4.78, 5) is 50.3. The first-order chi connectivity index (χ1) is 18.3. The molecule has 0 radical (unpaired) electrons. The number of carbonyl (C=O) groups excluding carboxylic acids is 4. The molecule has 0 unspecified atom stereocenters. The smallest absolute Gasteiger partial charge is 0.375 e. The molecule has 1 N–H and O–H groups in total. The molecule has 39 heavy (non-hydrogen) atoms. The van der Waals surface area contributed by atoms with Crippen molar-refractivity contribution >= 4 is 46.7 Å². The van der Waals surface area contributed by atoms with E-state index in [-0.39, 0.29) is 36.2 Å². The number of ether oxygens (including phenoxy) is 2. The highest BCUT2D eigenvalue weighted by atomic mass is 35.5. The number of ketones is 2. The topological polar surface area (TPSA) is 120 Å². The maximum absolute atomic E-state index is 13.7. The molecule has 0 bridgehead atoms. The lowest BCUT2D eigenvalue weighted by molar-refractivity contribution is -0.200. The summed E-state index contributed by atoms with van der Waals surface area (Å²) in [5.41, 5.74) is -3.57. The van der Waals surface area contributed by atoms with Crippen molar-refractivity contribution in [2.24, 2.45) is 34.5 Å². The number of hydrogen-bond donors (Lipinski definition) is 1. The van der Waals surface area contributed by atoms with Gasteiger partial charge in [0.05, 0.1) is 23.1 Å². The molecule has 1 heterocycles. The van der Waals surface area contributed by atoms with Gasteiger partial charge in [-0.05, 0) is 49.3 Å². The van der Waals surface area contributed by atoms with Crippen LogP contribution in [0, 0.1) is 34.5 Å². The van der Waals surface area contributed by atoms with Gasteiger partial charge in [0.25, 0.3) is 0 Å². The zero-order valence-electron chi connectivity index (χ0n) is 22.4. The molecule has 3 saturated carbocycles. The molecule has 8 nitrogen and oxygen atoms in total. The first-order valence-corrected chi connectivity index (χ1v) is 14.3. The fourth-order valence-electron chi connectivity index (χ4n) is 8.87. The van der Waals surface area contributed by atoms with E-state index in [2.05, 4.69) is 0 Å². The number of allylic oxidation sites excluding steroid dienone is 2. The fraction of sp³-hybridized carbons (Fsp3) is 0.655. The minimum Gasteiger partial charge on any atom is -0.462 e. The summed E-state index contributed by atoms with van der Waals surface area (Å²) >= 11 is 13.7. The third kappa shape index (κ3) is 3.73. The second kappa shape index (κ2) is 9.45. The van der Waals surface area contributed by atoms with E-state index in [0.717, 1.165) is 0 Å². The maximum Gasteiger partial charge on any atom is 0.375 e. The molecule has 1 aromatic heterocycles. The van der Waals surface area contributed by atoms with Crippen molar-refractivity contribution in [3.63, 3.8) is 0 Å². The highest BCUT2D eigenvalue weighted by molar-refractivity contribution is 6.29. The molecule has 4 aliphatic rings. The van der Waals surface area contributed by atoms with E-state index < -0.39 is 69.0 Å². The summed E-state index contributed by atoms with van der Waals surface area (Å²) in [5, 5.41) is 11.9. The number of aliphatic hydroxyl groups is 1. The number of furan rings is 1. The number of aliphatic hydroxyl groups excluding tert-OH is 1. The van der Waals surface area contributed by atoms with Crippen LogP contribution in [0.15, 0.2) is 35.0 Å². The Morgan fingerprint density at radius 3 is 2.51 bits per heavy atom. The largest absolute Gasteiger partial charge is 0.462 e. The van der Waals surface area contributed by atoms with Crippen LogP contribution >= 0.6 is 23.2 Å². The Kier molecular flexibility index (Phi) is 6.88. The van der Waals surface area contributed by atoms with Gasteiger partial charge in [-0.1, -0.05) is 26.8 Å². The van der Waals surface area contributed by atoms with Gasteiger partial charge in [-0.25, -0.2) is 4.79 Å². The van der Waals surface area contributed by atoms with Gasteiger partial charge in [0.1, 0.15) is 6.10 Å². The molecule has 3 fully saturated rings. The van der Waals surface area contributed by atoms with Gasteiger partial charge in [-0.15, -0.1) is 23.2 Å². The van der Waals surface area contributed by atoms with Crippen LogP contribution in [0.25, 0.3) is 0 Å². The van der Waals surface area contributed by atoms with Crippen LogP contribution in [0.5, 0.6) is 0 Å². The SMILES string of the molecule is CC(=O)O[C@@H]1C[C@H]2[C@@H]3C[C@@H](C)[C@](OC(=O)c4ccco4)(C(=O)CCl)[C@@]3(C)C[C@H](O)[C@]2(Cl)[C@@]2(C)C=CC(=O)C[C@@H]12. The van der Waals surface area contributed by atoms with Crippen molar-refractivity contribution in [3.05, 3.63) is 36.3 Å². The normalized spacial score (nSPS) is 44.6. The number of hydrogen-bond acceptors (Lipinski definition) is 8. The van der Waals surface area contributed by atoms with Gasteiger partial charge in [0.15, 0.2) is 17.2 Å². The molecule has 1 aromatic rings. The van der Waals surface area contributed by atoms with E-state index in [9.17, 15) is 24.3 Å². The van der Waals surface area contributed by atoms with E-state index >= 15 is 0 Å². The highest BCUT2D eigenvalue weighted by Crippen LogP contribution is 2.72. The molecule has 212 valence electrons. The molecular weight excluding hydrogens is 547 g/mol. The average molecular weight is 581 g/mol. The molecule has 0 amide bonds. The lowest BCUT2D eigenvalue weighted by Crippen LogP contribution is -2.72. The number of alkyl halides is 2. The quantitative estimate of drug-likeness (QED) is 0.399. The number of halogens is 2. The first-order valence-electron chi connectivity index (χ1n) is 13.4. The highest BCUT2D eigenvalue weighted by Gasteiger charge is 2.77. The molecule has 0 spiro atoms. The zero-order valence-corrected chi connectivity index (χ0v) is 24.0. The predicted octanol–water partition coefficient (Wildman–Crippen LogP) is 4.49. The van der Waals surface area contributed by atoms with Crippen LogP contribution in [0.3, 0.4) is 0 Å². The monoisotopic (exact) mass is 580 g/mol. The Labute approximate surface area is 237 Å². The summed E-state index contributed by atoms with van der Waals surface area (Å²) in [6, 6.07) is 3.01. The van der Waals surface area contributed by atoms with Crippen LogP contribution in [-0.4, -0.2) is 57.2 Å². The molecular formula is C29H34Cl2O8. The minimum absolute atomic E-state index is 0.0426. The van der Waals surface area contributed by atoms with Crippen LogP contribution < -0.4 is 0 Å².